The van der Waals surface area contributed by atoms with Crippen molar-refractivity contribution in [1.82, 2.24) is 10.1 Å². The Balaban J connectivity index is 1.76. The molecular weight excluding hydrogens is 413 g/mol. The molecule has 1 atom stereocenters. The number of anilines is 1. The van der Waals surface area contributed by atoms with E-state index in [9.17, 15) is 4.21 Å². The molecule has 3 rings (SSSR count). The van der Waals surface area contributed by atoms with Crippen molar-refractivity contribution < 1.29 is 18.2 Å². The van der Waals surface area contributed by atoms with Crippen LogP contribution in [0.5, 0.6) is 11.6 Å². The molecule has 0 fully saturated rings. The van der Waals surface area contributed by atoms with Gasteiger partial charge in [-0.15, -0.1) is 0 Å². The van der Waals surface area contributed by atoms with E-state index in [0.717, 1.165) is 0 Å². The molecule has 0 spiro atoms. The topological polar surface area (TPSA) is 86.5 Å². The van der Waals surface area contributed by atoms with Crippen molar-refractivity contribution in [1.29, 1.82) is 0 Å². The third-order valence-electron chi connectivity index (χ3n) is 3.40. The monoisotopic (exact) mass is 429 g/mol. The summed E-state index contributed by atoms with van der Waals surface area (Å²) in [5.74, 6) is 1.21. The Kier molecular flexibility index (Phi) is 6.08. The largest absolute Gasteiger partial charge is 0.487 e. The minimum atomic E-state index is -1.27. The lowest BCUT2D eigenvalue weighted by atomic mass is 10.2. The highest BCUT2D eigenvalue weighted by Crippen LogP contribution is 2.31. The Bertz CT molecular complexity index is 994. The molecule has 0 aliphatic carbocycles. The van der Waals surface area contributed by atoms with Gasteiger partial charge in [0.05, 0.1) is 17.7 Å². The van der Waals surface area contributed by atoms with Crippen molar-refractivity contribution in [2.75, 3.05) is 11.0 Å². The molecule has 0 saturated carbocycles. The average molecular weight is 430 g/mol. The lowest BCUT2D eigenvalue weighted by molar-refractivity contribution is 0.231. The molecule has 0 aliphatic rings. The highest BCUT2D eigenvalue weighted by atomic mass is 35.5. The highest BCUT2D eigenvalue weighted by molar-refractivity contribution is 7.85. The van der Waals surface area contributed by atoms with Gasteiger partial charge in [0, 0.05) is 22.9 Å². The fourth-order valence-electron chi connectivity index (χ4n) is 2.28. The fraction of sp³-hybridized carbons (Fsp3) is 0.294. The summed E-state index contributed by atoms with van der Waals surface area (Å²) in [7, 11) is -1.27. The van der Waals surface area contributed by atoms with Crippen molar-refractivity contribution in [3.05, 3.63) is 40.0 Å². The number of fused-ring (bicyclic) bond motifs is 1. The molecule has 0 radical (unpaired) electrons. The number of pyridine rings is 1. The third kappa shape index (κ3) is 4.82. The molecule has 1 N–H and O–H groups in total. The van der Waals surface area contributed by atoms with Gasteiger partial charge < -0.3 is 14.0 Å². The Morgan fingerprint density at radius 1 is 1.26 bits per heavy atom. The second-order valence-corrected chi connectivity index (χ2v) is 7.87. The summed E-state index contributed by atoms with van der Waals surface area (Å²) in [6.45, 7) is 3.96. The van der Waals surface area contributed by atoms with Crippen molar-refractivity contribution in [3.8, 4) is 11.6 Å². The molecule has 0 amide bonds. The minimum Gasteiger partial charge on any atom is -0.487 e. The summed E-state index contributed by atoms with van der Waals surface area (Å²) >= 11 is 12.5. The van der Waals surface area contributed by atoms with Crippen LogP contribution in [-0.2, 0) is 17.6 Å². The molecule has 1 aromatic carbocycles. The standard InChI is InChI=1S/C17H17Cl2N3O4S/c1-9(2)25-17-14(19)5-11(7-20-17)24-8-10-4-15-12(6-13(10)18)16(21-26-15)22-27(3)23/h4-7,9H,8H2,1-3H3,(H,21,22). The summed E-state index contributed by atoms with van der Waals surface area (Å²) in [5, 5.41) is 5.33. The van der Waals surface area contributed by atoms with E-state index in [1.807, 2.05) is 13.8 Å². The molecule has 10 heteroatoms. The molecule has 2 heterocycles. The number of hydrogen-bond acceptors (Lipinski definition) is 6. The van der Waals surface area contributed by atoms with Crippen LogP contribution >= 0.6 is 23.2 Å². The van der Waals surface area contributed by atoms with Gasteiger partial charge >= 0.3 is 0 Å². The molecule has 144 valence electrons. The number of nitrogens with one attached hydrogen (secondary N) is 1. The van der Waals surface area contributed by atoms with Gasteiger partial charge in [0.15, 0.2) is 11.4 Å². The zero-order valence-electron chi connectivity index (χ0n) is 14.8. The maximum Gasteiger partial charge on any atom is 0.233 e. The second-order valence-electron chi connectivity index (χ2n) is 5.94. The predicted molar refractivity (Wildman–Crippen MR) is 106 cm³/mol. The summed E-state index contributed by atoms with van der Waals surface area (Å²) in [6.07, 6.45) is 3.00. The molecule has 0 aliphatic heterocycles. The van der Waals surface area contributed by atoms with Gasteiger partial charge in [0.25, 0.3) is 0 Å². The lowest BCUT2D eigenvalue weighted by Crippen LogP contribution is -2.07. The van der Waals surface area contributed by atoms with Crippen LogP contribution in [-0.4, -0.2) is 26.7 Å². The number of nitrogens with zero attached hydrogens (tertiary/aromatic N) is 2. The Hall–Kier alpha value is -2.03. The molecule has 1 unspecified atom stereocenters. The number of ether oxygens (including phenoxy) is 2. The normalized spacial score (nSPS) is 12.4. The molecule has 3 aromatic rings. The van der Waals surface area contributed by atoms with E-state index in [1.165, 1.54) is 12.5 Å². The smallest absolute Gasteiger partial charge is 0.233 e. The van der Waals surface area contributed by atoms with Gasteiger partial charge in [-0.05, 0) is 26.0 Å². The second kappa shape index (κ2) is 8.33. The zero-order valence-corrected chi connectivity index (χ0v) is 17.1. The van der Waals surface area contributed by atoms with Crippen molar-refractivity contribution in [3.63, 3.8) is 0 Å². The summed E-state index contributed by atoms with van der Waals surface area (Å²) in [6, 6.07) is 5.04. The van der Waals surface area contributed by atoms with Crippen molar-refractivity contribution in [2.24, 2.45) is 0 Å². The van der Waals surface area contributed by atoms with E-state index in [-0.39, 0.29) is 12.7 Å². The maximum atomic E-state index is 11.3. The first-order valence-electron chi connectivity index (χ1n) is 7.96. The van der Waals surface area contributed by atoms with Gasteiger partial charge in [-0.25, -0.2) is 9.19 Å². The van der Waals surface area contributed by atoms with E-state index in [2.05, 4.69) is 14.9 Å². The van der Waals surface area contributed by atoms with Crippen LogP contribution in [0.2, 0.25) is 10.0 Å². The first kappa shape index (κ1) is 19.7. The molecule has 27 heavy (non-hydrogen) atoms. The first-order chi connectivity index (χ1) is 12.8. The molecule has 7 nitrogen and oxygen atoms in total. The average Bonchev–Trinajstić information content (AvgIpc) is 2.96. The van der Waals surface area contributed by atoms with Crippen molar-refractivity contribution in [2.45, 2.75) is 26.6 Å². The Labute approximate surface area is 168 Å². The first-order valence-corrected chi connectivity index (χ1v) is 10.3. The summed E-state index contributed by atoms with van der Waals surface area (Å²) < 4.78 is 30.5. The third-order valence-corrected chi connectivity index (χ3v) is 4.51. The van der Waals surface area contributed by atoms with Crippen molar-refractivity contribution >= 4 is 51.0 Å². The van der Waals surface area contributed by atoms with Crippen LogP contribution in [0, 0.1) is 0 Å². The van der Waals surface area contributed by atoms with E-state index in [0.29, 0.717) is 44.0 Å². The van der Waals surface area contributed by atoms with Gasteiger partial charge in [-0.1, -0.05) is 28.4 Å². The number of aromatic nitrogens is 2. The molecule has 0 bridgehead atoms. The van der Waals surface area contributed by atoms with E-state index in [4.69, 9.17) is 37.2 Å². The zero-order chi connectivity index (χ0) is 19.6. The minimum absolute atomic E-state index is 0.0290. The Morgan fingerprint density at radius 2 is 2.04 bits per heavy atom. The predicted octanol–water partition coefficient (Wildman–Crippen LogP) is 4.60. The molecular formula is C17H17Cl2N3O4S. The molecule has 2 aromatic heterocycles. The van der Waals surface area contributed by atoms with Crippen LogP contribution in [0.15, 0.2) is 28.9 Å². The number of hydrogen-bond donors (Lipinski definition) is 1. The summed E-state index contributed by atoms with van der Waals surface area (Å²) in [5.41, 5.74) is 1.20. The van der Waals surface area contributed by atoms with Gasteiger partial charge in [0.2, 0.25) is 5.88 Å². The maximum absolute atomic E-state index is 11.3. The van der Waals surface area contributed by atoms with E-state index in [1.54, 1.807) is 18.2 Å². The van der Waals surface area contributed by atoms with Crippen LogP contribution in [0.1, 0.15) is 19.4 Å². The van der Waals surface area contributed by atoms with E-state index >= 15 is 0 Å². The van der Waals surface area contributed by atoms with Crippen LogP contribution in [0.25, 0.3) is 11.0 Å². The van der Waals surface area contributed by atoms with Crippen LogP contribution in [0.3, 0.4) is 0 Å². The quantitative estimate of drug-likeness (QED) is 0.590. The number of halogens is 2. The fourth-order valence-corrected chi connectivity index (χ4v) is 3.12. The van der Waals surface area contributed by atoms with E-state index < -0.39 is 11.0 Å². The number of benzene rings is 1. The van der Waals surface area contributed by atoms with Gasteiger partial charge in [-0.3, -0.25) is 4.72 Å². The Morgan fingerprint density at radius 3 is 2.70 bits per heavy atom. The van der Waals surface area contributed by atoms with Gasteiger partial charge in [-0.2, -0.15) is 0 Å². The van der Waals surface area contributed by atoms with Crippen LogP contribution < -0.4 is 14.2 Å². The van der Waals surface area contributed by atoms with Gasteiger partial charge in [0.1, 0.15) is 28.4 Å². The number of rotatable bonds is 7. The highest BCUT2D eigenvalue weighted by Gasteiger charge is 2.14. The lowest BCUT2D eigenvalue weighted by Gasteiger charge is -2.12. The molecule has 0 saturated heterocycles. The van der Waals surface area contributed by atoms with Crippen LogP contribution in [0.4, 0.5) is 5.82 Å². The summed E-state index contributed by atoms with van der Waals surface area (Å²) in [4.78, 5) is 4.16. The SMILES string of the molecule is CC(C)Oc1ncc(OCc2cc3onc(NS(C)=O)c3cc2Cl)cc1Cl.